The van der Waals surface area contributed by atoms with Crippen molar-refractivity contribution < 1.29 is 14.3 Å². The van der Waals surface area contributed by atoms with Gasteiger partial charge in [-0.2, -0.15) is 9.78 Å². The van der Waals surface area contributed by atoms with E-state index in [1.165, 1.54) is 0 Å². The second-order valence-corrected chi connectivity index (χ2v) is 6.50. The molecule has 3 aromatic rings. The number of hydrogen-bond acceptors (Lipinski definition) is 5. The third-order valence-corrected chi connectivity index (χ3v) is 4.46. The number of rotatable bonds is 5. The van der Waals surface area contributed by atoms with Crippen LogP contribution in [0.2, 0.25) is 0 Å². The Morgan fingerprint density at radius 1 is 1.11 bits per heavy atom. The highest BCUT2D eigenvalue weighted by Gasteiger charge is 2.21. The van der Waals surface area contributed by atoms with E-state index >= 15 is 0 Å². The maximum Gasteiger partial charge on any atom is 0.360 e. The molecule has 0 spiro atoms. The van der Waals surface area contributed by atoms with E-state index < -0.39 is 17.4 Å². The van der Waals surface area contributed by atoms with Crippen LogP contribution in [0.25, 0.3) is 5.69 Å². The second-order valence-electron chi connectivity index (χ2n) is 5.65. The highest BCUT2D eigenvalue weighted by Crippen LogP contribution is 2.19. The molecule has 0 aliphatic carbocycles. The van der Waals surface area contributed by atoms with Crippen molar-refractivity contribution in [2.24, 2.45) is 0 Å². The Bertz CT molecular complexity index is 1080. The van der Waals surface area contributed by atoms with Gasteiger partial charge in [-0.05, 0) is 47.1 Å². The summed E-state index contributed by atoms with van der Waals surface area (Å²) in [7, 11) is 0. The molecule has 28 heavy (non-hydrogen) atoms. The van der Waals surface area contributed by atoms with Gasteiger partial charge in [-0.3, -0.25) is 9.59 Å². The van der Waals surface area contributed by atoms with Crippen molar-refractivity contribution in [2.45, 2.75) is 6.92 Å². The normalized spacial score (nSPS) is 10.4. The third kappa shape index (κ3) is 4.17. The van der Waals surface area contributed by atoms with Crippen molar-refractivity contribution in [2.75, 3.05) is 11.9 Å². The number of esters is 1. The molecular formula is C20H16BrN3O4. The molecule has 0 aliphatic rings. The number of aromatic nitrogens is 2. The summed E-state index contributed by atoms with van der Waals surface area (Å²) >= 11 is 3.31. The van der Waals surface area contributed by atoms with Gasteiger partial charge in [0, 0.05) is 10.5 Å². The van der Waals surface area contributed by atoms with Crippen molar-refractivity contribution in [3.63, 3.8) is 0 Å². The van der Waals surface area contributed by atoms with Crippen LogP contribution >= 0.6 is 15.9 Å². The summed E-state index contributed by atoms with van der Waals surface area (Å²) in [5, 5.41) is 6.71. The monoisotopic (exact) mass is 441 g/mol. The zero-order valence-corrected chi connectivity index (χ0v) is 16.5. The molecule has 0 atom stereocenters. The van der Waals surface area contributed by atoms with Crippen LogP contribution in [0.5, 0.6) is 0 Å². The largest absolute Gasteiger partial charge is 0.461 e. The van der Waals surface area contributed by atoms with E-state index in [9.17, 15) is 14.4 Å². The SMILES string of the molecule is CCOC(=O)c1nn(-c2ccccc2)c(=O)cc1NC(=O)c1ccccc1Br. The molecule has 0 saturated carbocycles. The summed E-state index contributed by atoms with van der Waals surface area (Å²) in [6.07, 6.45) is 0. The number of nitrogens with zero attached hydrogens (tertiary/aromatic N) is 2. The molecule has 0 radical (unpaired) electrons. The molecule has 2 aromatic carbocycles. The molecule has 0 unspecified atom stereocenters. The number of anilines is 1. The summed E-state index contributed by atoms with van der Waals surface area (Å²) in [5.41, 5.74) is 0.162. The lowest BCUT2D eigenvalue weighted by molar-refractivity contribution is 0.0518. The van der Waals surface area contributed by atoms with Gasteiger partial charge in [0.15, 0.2) is 5.69 Å². The molecule has 7 nitrogen and oxygen atoms in total. The van der Waals surface area contributed by atoms with Crippen molar-refractivity contribution in [1.82, 2.24) is 9.78 Å². The first-order valence-corrected chi connectivity index (χ1v) is 9.23. The lowest BCUT2D eigenvalue weighted by Gasteiger charge is -2.13. The number of para-hydroxylation sites is 1. The Hall–Kier alpha value is -3.26. The van der Waals surface area contributed by atoms with Gasteiger partial charge < -0.3 is 10.1 Å². The number of ether oxygens (including phenoxy) is 1. The number of carbonyl (C=O) groups is 2. The predicted molar refractivity (Wildman–Crippen MR) is 108 cm³/mol. The Kier molecular flexibility index (Phi) is 6.00. The van der Waals surface area contributed by atoms with Gasteiger partial charge in [-0.25, -0.2) is 4.79 Å². The highest BCUT2D eigenvalue weighted by atomic mass is 79.9. The van der Waals surface area contributed by atoms with Crippen LogP contribution in [0.15, 0.2) is 69.9 Å². The molecular weight excluding hydrogens is 426 g/mol. The van der Waals surface area contributed by atoms with Crippen LogP contribution in [0.1, 0.15) is 27.8 Å². The third-order valence-electron chi connectivity index (χ3n) is 3.77. The number of benzene rings is 2. The first-order chi connectivity index (χ1) is 13.5. The van der Waals surface area contributed by atoms with Crippen LogP contribution in [-0.4, -0.2) is 28.3 Å². The van der Waals surface area contributed by atoms with Crippen LogP contribution in [0.3, 0.4) is 0 Å². The van der Waals surface area contributed by atoms with Gasteiger partial charge >= 0.3 is 5.97 Å². The standard InChI is InChI=1S/C20H16BrN3O4/c1-2-28-20(27)18-16(22-19(26)14-10-6-7-11-15(14)21)12-17(25)24(23-18)13-8-4-3-5-9-13/h3-12H,2H2,1H3,(H,22,26). The lowest BCUT2D eigenvalue weighted by Crippen LogP contribution is -2.27. The van der Waals surface area contributed by atoms with E-state index in [4.69, 9.17) is 4.74 Å². The summed E-state index contributed by atoms with van der Waals surface area (Å²) in [4.78, 5) is 37.5. The van der Waals surface area contributed by atoms with Crippen LogP contribution < -0.4 is 10.9 Å². The fourth-order valence-corrected chi connectivity index (χ4v) is 2.96. The molecule has 1 amide bonds. The molecule has 0 aliphatic heterocycles. The smallest absolute Gasteiger partial charge is 0.360 e. The molecule has 3 rings (SSSR count). The van der Waals surface area contributed by atoms with E-state index in [1.807, 2.05) is 0 Å². The minimum atomic E-state index is -0.741. The van der Waals surface area contributed by atoms with Gasteiger partial charge in [-0.1, -0.05) is 30.3 Å². The van der Waals surface area contributed by atoms with E-state index in [-0.39, 0.29) is 18.0 Å². The van der Waals surface area contributed by atoms with Gasteiger partial charge in [0.1, 0.15) is 0 Å². The lowest BCUT2D eigenvalue weighted by atomic mass is 10.2. The first-order valence-electron chi connectivity index (χ1n) is 8.44. The van der Waals surface area contributed by atoms with Gasteiger partial charge in [0.05, 0.1) is 23.5 Å². The van der Waals surface area contributed by atoms with Gasteiger partial charge in [0.25, 0.3) is 11.5 Å². The number of nitrogens with one attached hydrogen (secondary N) is 1. The molecule has 8 heteroatoms. The van der Waals surface area contributed by atoms with Crippen molar-refractivity contribution in [3.8, 4) is 5.69 Å². The Labute approximate surface area is 169 Å². The van der Waals surface area contributed by atoms with Crippen LogP contribution in [0, 0.1) is 0 Å². The zero-order chi connectivity index (χ0) is 20.1. The number of halogens is 1. The highest BCUT2D eigenvalue weighted by molar-refractivity contribution is 9.10. The fraction of sp³-hybridized carbons (Fsp3) is 0.100. The summed E-state index contributed by atoms with van der Waals surface area (Å²) in [5.74, 6) is -1.23. The topological polar surface area (TPSA) is 90.3 Å². The maximum atomic E-state index is 12.6. The predicted octanol–water partition coefficient (Wildman–Crippen LogP) is 3.42. The van der Waals surface area contributed by atoms with Crippen molar-refractivity contribution in [1.29, 1.82) is 0 Å². The summed E-state index contributed by atoms with van der Waals surface area (Å²) < 4.78 is 6.70. The molecule has 1 N–H and O–H groups in total. The second kappa shape index (κ2) is 8.62. The average Bonchev–Trinajstić information content (AvgIpc) is 2.69. The quantitative estimate of drug-likeness (QED) is 0.612. The summed E-state index contributed by atoms with van der Waals surface area (Å²) in [6.45, 7) is 1.78. The molecule has 142 valence electrons. The Morgan fingerprint density at radius 2 is 1.79 bits per heavy atom. The number of hydrogen-bond donors (Lipinski definition) is 1. The Morgan fingerprint density at radius 3 is 2.46 bits per heavy atom. The van der Waals surface area contributed by atoms with E-state index in [2.05, 4.69) is 26.3 Å². The molecule has 0 saturated heterocycles. The van der Waals surface area contributed by atoms with Crippen molar-refractivity contribution in [3.05, 3.63) is 86.7 Å². The van der Waals surface area contributed by atoms with E-state index in [0.29, 0.717) is 15.7 Å². The minimum absolute atomic E-state index is 0.0172. The van der Waals surface area contributed by atoms with Crippen molar-refractivity contribution >= 4 is 33.5 Å². The van der Waals surface area contributed by atoms with E-state index in [1.54, 1.807) is 61.5 Å². The van der Waals surface area contributed by atoms with Gasteiger partial charge in [0.2, 0.25) is 0 Å². The number of amides is 1. The van der Waals surface area contributed by atoms with Crippen LogP contribution in [0.4, 0.5) is 5.69 Å². The first kappa shape index (κ1) is 19.5. The number of carbonyl (C=O) groups excluding carboxylic acids is 2. The zero-order valence-electron chi connectivity index (χ0n) is 14.9. The summed E-state index contributed by atoms with van der Waals surface area (Å²) in [6, 6.07) is 16.6. The molecule has 1 heterocycles. The van der Waals surface area contributed by atoms with Gasteiger partial charge in [-0.15, -0.1) is 0 Å². The van der Waals surface area contributed by atoms with E-state index in [0.717, 1.165) is 10.7 Å². The molecule has 0 fully saturated rings. The molecule has 1 aromatic heterocycles. The average molecular weight is 442 g/mol. The van der Waals surface area contributed by atoms with Crippen LogP contribution in [-0.2, 0) is 4.74 Å². The fourth-order valence-electron chi connectivity index (χ4n) is 2.49. The Balaban J connectivity index is 2.06. The minimum Gasteiger partial charge on any atom is -0.461 e. The molecule has 0 bridgehead atoms. The maximum absolute atomic E-state index is 12.6.